The lowest BCUT2D eigenvalue weighted by atomic mass is 10.5. The van der Waals surface area contributed by atoms with Gasteiger partial charge in [-0.1, -0.05) is 0 Å². The minimum absolute atomic E-state index is 0.216. The molecule has 0 aromatic carbocycles. The van der Waals surface area contributed by atoms with Gasteiger partial charge in [0.15, 0.2) is 0 Å². The van der Waals surface area contributed by atoms with E-state index in [1.165, 1.54) is 0 Å². The summed E-state index contributed by atoms with van der Waals surface area (Å²) in [6, 6.07) is 0. The fourth-order valence-electron chi connectivity index (χ4n) is 0.771. The predicted molar refractivity (Wildman–Crippen MR) is 54.7 cm³/mol. The number of hydrogen-bond acceptors (Lipinski definition) is 6. The molecule has 0 bridgehead atoms. The number of esters is 2. The molecule has 0 saturated carbocycles. The SMILES string of the molecule is CCOC(=O)CNC(=O)CNC(=O)C(=O)OC. The first kappa shape index (κ1) is 14.9. The number of rotatable bonds is 5. The van der Waals surface area contributed by atoms with Crippen LogP contribution < -0.4 is 10.6 Å². The summed E-state index contributed by atoms with van der Waals surface area (Å²) < 4.78 is 8.68. The molecule has 0 aromatic rings. The van der Waals surface area contributed by atoms with Crippen molar-refractivity contribution in [1.29, 1.82) is 0 Å². The van der Waals surface area contributed by atoms with Gasteiger partial charge in [0.2, 0.25) is 5.91 Å². The summed E-state index contributed by atoms with van der Waals surface area (Å²) in [5, 5.41) is 4.21. The molecule has 0 heterocycles. The molecule has 0 fully saturated rings. The molecule has 0 aliphatic carbocycles. The molecule has 2 N–H and O–H groups in total. The molecule has 0 rings (SSSR count). The van der Waals surface area contributed by atoms with Crippen LogP contribution in [0.3, 0.4) is 0 Å². The quantitative estimate of drug-likeness (QED) is 0.427. The summed E-state index contributed by atoms with van der Waals surface area (Å²) in [6.07, 6.45) is 0. The number of nitrogens with one attached hydrogen (secondary N) is 2. The summed E-state index contributed by atoms with van der Waals surface area (Å²) in [5.74, 6) is -3.32. The third kappa shape index (κ3) is 6.88. The molecule has 0 atom stereocenters. The zero-order valence-electron chi connectivity index (χ0n) is 9.57. The van der Waals surface area contributed by atoms with Gasteiger partial charge in [-0.25, -0.2) is 4.79 Å². The third-order valence-corrected chi connectivity index (χ3v) is 1.52. The van der Waals surface area contributed by atoms with E-state index in [-0.39, 0.29) is 13.2 Å². The highest BCUT2D eigenvalue weighted by molar-refractivity contribution is 6.32. The Morgan fingerprint density at radius 1 is 1.06 bits per heavy atom. The summed E-state index contributed by atoms with van der Waals surface area (Å²) in [5.41, 5.74) is 0. The Labute approximate surface area is 97.6 Å². The van der Waals surface area contributed by atoms with E-state index < -0.39 is 30.3 Å². The number of ether oxygens (including phenoxy) is 2. The second kappa shape index (κ2) is 8.08. The molecular weight excluding hydrogens is 232 g/mol. The van der Waals surface area contributed by atoms with Crippen molar-refractivity contribution in [1.82, 2.24) is 10.6 Å². The molecule has 0 saturated heterocycles. The smallest absolute Gasteiger partial charge is 0.396 e. The minimum Gasteiger partial charge on any atom is -0.465 e. The van der Waals surface area contributed by atoms with Gasteiger partial charge in [0.1, 0.15) is 6.54 Å². The maximum Gasteiger partial charge on any atom is 0.396 e. The van der Waals surface area contributed by atoms with Crippen molar-refractivity contribution >= 4 is 23.8 Å². The highest BCUT2D eigenvalue weighted by Gasteiger charge is 2.14. The van der Waals surface area contributed by atoms with E-state index in [1.807, 2.05) is 5.32 Å². The highest BCUT2D eigenvalue weighted by Crippen LogP contribution is 1.77. The first-order chi connectivity index (χ1) is 8.01. The van der Waals surface area contributed by atoms with Crippen LogP contribution in [0.1, 0.15) is 6.92 Å². The number of hydrogen-bond donors (Lipinski definition) is 2. The molecule has 0 spiro atoms. The molecule has 8 nitrogen and oxygen atoms in total. The van der Waals surface area contributed by atoms with Crippen LogP contribution in [0.25, 0.3) is 0 Å². The Hall–Kier alpha value is -2.12. The Kier molecular flexibility index (Phi) is 7.07. The molecule has 8 heteroatoms. The molecule has 2 amide bonds. The number of carbonyl (C=O) groups excluding carboxylic acids is 4. The third-order valence-electron chi connectivity index (χ3n) is 1.52. The monoisotopic (exact) mass is 246 g/mol. The fourth-order valence-corrected chi connectivity index (χ4v) is 0.771. The molecule has 0 aliphatic rings. The average Bonchev–Trinajstić information content (AvgIpc) is 2.32. The van der Waals surface area contributed by atoms with E-state index in [0.717, 1.165) is 7.11 Å². The largest absolute Gasteiger partial charge is 0.465 e. The fraction of sp³-hybridized carbons (Fsp3) is 0.556. The maximum atomic E-state index is 11.1. The first-order valence-electron chi connectivity index (χ1n) is 4.79. The molecule has 0 aliphatic heterocycles. The van der Waals surface area contributed by atoms with Gasteiger partial charge in [0.05, 0.1) is 20.3 Å². The van der Waals surface area contributed by atoms with Crippen LogP contribution in [-0.4, -0.2) is 50.6 Å². The van der Waals surface area contributed by atoms with Gasteiger partial charge in [-0.15, -0.1) is 0 Å². The zero-order chi connectivity index (χ0) is 13.3. The lowest BCUT2D eigenvalue weighted by molar-refractivity contribution is -0.152. The van der Waals surface area contributed by atoms with Crippen LogP contribution in [0.15, 0.2) is 0 Å². The van der Waals surface area contributed by atoms with E-state index in [4.69, 9.17) is 0 Å². The lowest BCUT2D eigenvalue weighted by Gasteiger charge is -2.05. The Bertz CT molecular complexity index is 315. The summed E-state index contributed by atoms with van der Waals surface area (Å²) in [6.45, 7) is 1.14. The molecule has 96 valence electrons. The van der Waals surface area contributed by atoms with E-state index in [2.05, 4.69) is 14.8 Å². The predicted octanol–water partition coefficient (Wildman–Crippen LogP) is -2.05. The van der Waals surface area contributed by atoms with Gasteiger partial charge in [0.25, 0.3) is 0 Å². The number of carbonyl (C=O) groups is 4. The molecule has 0 unspecified atom stereocenters. The minimum atomic E-state index is -1.09. The second-order valence-corrected chi connectivity index (χ2v) is 2.76. The van der Waals surface area contributed by atoms with Crippen LogP contribution in [0.4, 0.5) is 0 Å². The van der Waals surface area contributed by atoms with Gasteiger partial charge in [0, 0.05) is 0 Å². The average molecular weight is 246 g/mol. The van der Waals surface area contributed by atoms with Gasteiger partial charge >= 0.3 is 17.8 Å². The van der Waals surface area contributed by atoms with Crippen molar-refractivity contribution in [3.63, 3.8) is 0 Å². The van der Waals surface area contributed by atoms with Crippen molar-refractivity contribution in [2.75, 3.05) is 26.8 Å². The van der Waals surface area contributed by atoms with Gasteiger partial charge in [-0.2, -0.15) is 0 Å². The zero-order valence-corrected chi connectivity index (χ0v) is 9.57. The first-order valence-corrected chi connectivity index (χ1v) is 4.79. The highest BCUT2D eigenvalue weighted by atomic mass is 16.5. The number of methoxy groups -OCH3 is 1. The van der Waals surface area contributed by atoms with Gasteiger partial charge < -0.3 is 20.1 Å². The summed E-state index contributed by atoms with van der Waals surface area (Å²) in [7, 11) is 1.04. The van der Waals surface area contributed by atoms with Crippen molar-refractivity contribution in [2.45, 2.75) is 6.92 Å². The van der Waals surface area contributed by atoms with E-state index in [9.17, 15) is 19.2 Å². The van der Waals surface area contributed by atoms with Crippen LogP contribution in [0.2, 0.25) is 0 Å². The Morgan fingerprint density at radius 2 is 1.71 bits per heavy atom. The Balaban J connectivity index is 3.77. The van der Waals surface area contributed by atoms with Gasteiger partial charge in [-0.3, -0.25) is 14.4 Å². The van der Waals surface area contributed by atoms with Gasteiger partial charge in [-0.05, 0) is 6.92 Å². The van der Waals surface area contributed by atoms with Crippen molar-refractivity contribution < 1.29 is 28.7 Å². The van der Waals surface area contributed by atoms with Crippen LogP contribution >= 0.6 is 0 Å². The lowest BCUT2D eigenvalue weighted by Crippen LogP contribution is -2.41. The van der Waals surface area contributed by atoms with E-state index in [0.29, 0.717) is 0 Å². The standard InChI is InChI=1S/C9H14N2O6/c1-3-17-7(13)5-10-6(12)4-11-8(14)9(15)16-2/h3-5H2,1-2H3,(H,10,12)(H,11,14). The second-order valence-electron chi connectivity index (χ2n) is 2.76. The molecule has 0 radical (unpaired) electrons. The van der Waals surface area contributed by atoms with Crippen LogP contribution in [0, 0.1) is 0 Å². The summed E-state index contributed by atoms with van der Waals surface area (Å²) in [4.78, 5) is 43.4. The van der Waals surface area contributed by atoms with E-state index >= 15 is 0 Å². The van der Waals surface area contributed by atoms with Crippen molar-refractivity contribution in [3.05, 3.63) is 0 Å². The molecule has 17 heavy (non-hydrogen) atoms. The normalized spacial score (nSPS) is 9.06. The van der Waals surface area contributed by atoms with Crippen LogP contribution in [0.5, 0.6) is 0 Å². The van der Waals surface area contributed by atoms with Crippen molar-refractivity contribution in [2.24, 2.45) is 0 Å². The Morgan fingerprint density at radius 3 is 2.24 bits per heavy atom. The van der Waals surface area contributed by atoms with Crippen molar-refractivity contribution in [3.8, 4) is 0 Å². The maximum absolute atomic E-state index is 11.1. The number of amides is 2. The van der Waals surface area contributed by atoms with E-state index in [1.54, 1.807) is 6.92 Å². The van der Waals surface area contributed by atoms with Crippen LogP contribution in [-0.2, 0) is 28.7 Å². The topological polar surface area (TPSA) is 111 Å². The summed E-state index contributed by atoms with van der Waals surface area (Å²) >= 11 is 0. The molecular formula is C9H14N2O6. The molecule has 0 aromatic heterocycles.